The molecule has 2 saturated heterocycles. The number of nitrogens with zero attached hydrogens (tertiary/aromatic N) is 1. The van der Waals surface area contributed by atoms with Crippen molar-refractivity contribution < 1.29 is 14.3 Å². The lowest BCUT2D eigenvalue weighted by Crippen LogP contribution is -2.54. The smallest absolute Gasteiger partial charge is 0.307 e. The number of ether oxygens (including phenoxy) is 1. The molecular weight excluding hydrogens is 268 g/mol. The summed E-state index contributed by atoms with van der Waals surface area (Å²) in [7, 11) is 1.41. The van der Waals surface area contributed by atoms with E-state index in [2.05, 4.69) is 12.2 Å². The summed E-state index contributed by atoms with van der Waals surface area (Å²) in [6.07, 6.45) is 6.57. The topological polar surface area (TPSA) is 58.6 Å². The summed E-state index contributed by atoms with van der Waals surface area (Å²) in [5.41, 5.74) is 0. The molecule has 2 fully saturated rings. The minimum absolute atomic E-state index is 0.0162. The average Bonchev–Trinajstić information content (AvgIpc) is 2.54. The zero-order chi connectivity index (χ0) is 15.2. The first-order valence-corrected chi connectivity index (χ1v) is 8.26. The summed E-state index contributed by atoms with van der Waals surface area (Å²) >= 11 is 0. The van der Waals surface area contributed by atoms with Crippen LogP contribution in [0.1, 0.15) is 51.9 Å². The Bertz CT molecular complexity index is 373. The van der Waals surface area contributed by atoms with Gasteiger partial charge in [-0.15, -0.1) is 0 Å². The Morgan fingerprint density at radius 3 is 2.81 bits per heavy atom. The number of likely N-dealkylation sites (tertiary alicyclic amines) is 1. The number of methoxy groups -OCH3 is 1. The third-order valence-corrected chi connectivity index (χ3v) is 4.93. The van der Waals surface area contributed by atoms with Gasteiger partial charge in [0.2, 0.25) is 5.91 Å². The Balaban J connectivity index is 1.99. The van der Waals surface area contributed by atoms with E-state index >= 15 is 0 Å². The largest absolute Gasteiger partial charge is 0.469 e. The first-order chi connectivity index (χ1) is 10.2. The molecule has 120 valence electrons. The van der Waals surface area contributed by atoms with E-state index in [1.54, 1.807) is 0 Å². The molecule has 0 aromatic heterocycles. The van der Waals surface area contributed by atoms with Crippen molar-refractivity contribution in [2.75, 3.05) is 20.2 Å². The standard InChI is InChI=1S/C16H28N2O3/c1-3-12-7-8-17-14(10-12)16(20)18-9-5-4-6-13(18)11-15(19)21-2/h12-14,17H,3-11H2,1-2H3. The predicted octanol–water partition coefficient (Wildman–Crippen LogP) is 1.71. The van der Waals surface area contributed by atoms with Gasteiger partial charge in [-0.2, -0.15) is 0 Å². The quantitative estimate of drug-likeness (QED) is 0.802. The van der Waals surface area contributed by atoms with Crippen LogP contribution in [0.4, 0.5) is 0 Å². The van der Waals surface area contributed by atoms with Crippen molar-refractivity contribution in [2.24, 2.45) is 5.92 Å². The number of hydrogen-bond acceptors (Lipinski definition) is 4. The molecule has 5 heteroatoms. The maximum absolute atomic E-state index is 12.8. The molecule has 2 aliphatic rings. The van der Waals surface area contributed by atoms with Crippen LogP contribution >= 0.6 is 0 Å². The molecule has 2 heterocycles. The predicted molar refractivity (Wildman–Crippen MR) is 80.8 cm³/mol. The van der Waals surface area contributed by atoms with Crippen LogP contribution < -0.4 is 5.32 Å². The van der Waals surface area contributed by atoms with Crippen LogP contribution in [0.25, 0.3) is 0 Å². The molecule has 5 nitrogen and oxygen atoms in total. The second-order valence-corrected chi connectivity index (χ2v) is 6.27. The van der Waals surface area contributed by atoms with E-state index in [0.29, 0.717) is 12.3 Å². The number of piperidine rings is 2. The fourth-order valence-electron chi connectivity index (χ4n) is 3.53. The van der Waals surface area contributed by atoms with Crippen LogP contribution in [0.5, 0.6) is 0 Å². The van der Waals surface area contributed by atoms with Gasteiger partial charge in [0.15, 0.2) is 0 Å². The second-order valence-electron chi connectivity index (χ2n) is 6.27. The van der Waals surface area contributed by atoms with E-state index in [4.69, 9.17) is 4.74 Å². The summed E-state index contributed by atoms with van der Waals surface area (Å²) in [6.45, 7) is 3.89. The molecule has 2 aliphatic heterocycles. The number of carbonyl (C=O) groups excluding carboxylic acids is 2. The minimum Gasteiger partial charge on any atom is -0.469 e. The van der Waals surface area contributed by atoms with Gasteiger partial charge in [0.25, 0.3) is 0 Å². The van der Waals surface area contributed by atoms with Crippen LogP contribution in [0.15, 0.2) is 0 Å². The van der Waals surface area contributed by atoms with Crippen LogP contribution in [-0.4, -0.2) is 49.1 Å². The summed E-state index contributed by atoms with van der Waals surface area (Å²) in [5, 5.41) is 3.36. The number of esters is 1. The molecule has 0 aromatic carbocycles. The summed E-state index contributed by atoms with van der Waals surface area (Å²) in [6, 6.07) is -0.0514. The van der Waals surface area contributed by atoms with Gasteiger partial charge in [-0.25, -0.2) is 0 Å². The SMILES string of the molecule is CCC1CCNC(C(=O)N2CCCCC2CC(=O)OC)C1. The Labute approximate surface area is 127 Å². The molecule has 2 rings (SSSR count). The van der Waals surface area contributed by atoms with Crippen LogP contribution in [0, 0.1) is 5.92 Å². The third-order valence-electron chi connectivity index (χ3n) is 4.93. The Morgan fingerprint density at radius 1 is 1.29 bits per heavy atom. The van der Waals surface area contributed by atoms with E-state index in [9.17, 15) is 9.59 Å². The lowest BCUT2D eigenvalue weighted by molar-refractivity contribution is -0.145. The Morgan fingerprint density at radius 2 is 2.10 bits per heavy atom. The Kier molecular flexibility index (Phi) is 6.03. The van der Waals surface area contributed by atoms with Gasteiger partial charge in [0, 0.05) is 12.6 Å². The number of amides is 1. The second kappa shape index (κ2) is 7.78. The van der Waals surface area contributed by atoms with Crippen molar-refractivity contribution in [2.45, 2.75) is 64.0 Å². The molecule has 0 aliphatic carbocycles. The molecule has 0 aromatic rings. The lowest BCUT2D eigenvalue weighted by atomic mass is 9.89. The fourth-order valence-corrected chi connectivity index (χ4v) is 3.53. The molecule has 3 atom stereocenters. The highest BCUT2D eigenvalue weighted by Gasteiger charge is 2.34. The summed E-state index contributed by atoms with van der Waals surface area (Å²) in [4.78, 5) is 26.3. The summed E-state index contributed by atoms with van der Waals surface area (Å²) in [5.74, 6) is 0.605. The van der Waals surface area contributed by atoms with Crippen LogP contribution in [0.2, 0.25) is 0 Å². The molecule has 1 amide bonds. The van der Waals surface area contributed by atoms with Gasteiger partial charge in [-0.05, 0) is 44.6 Å². The monoisotopic (exact) mass is 296 g/mol. The molecule has 21 heavy (non-hydrogen) atoms. The average molecular weight is 296 g/mol. The van der Waals surface area contributed by atoms with Gasteiger partial charge in [0.05, 0.1) is 19.6 Å². The van der Waals surface area contributed by atoms with Gasteiger partial charge < -0.3 is 15.0 Å². The van der Waals surface area contributed by atoms with E-state index in [-0.39, 0.29) is 24.0 Å². The van der Waals surface area contributed by atoms with Crippen LogP contribution in [0.3, 0.4) is 0 Å². The highest BCUT2D eigenvalue weighted by atomic mass is 16.5. The Hall–Kier alpha value is -1.10. The van der Waals surface area contributed by atoms with E-state index in [1.165, 1.54) is 7.11 Å². The molecule has 0 saturated carbocycles. The molecule has 0 spiro atoms. The van der Waals surface area contributed by atoms with Crippen molar-refractivity contribution in [1.29, 1.82) is 0 Å². The highest BCUT2D eigenvalue weighted by molar-refractivity contribution is 5.83. The van der Waals surface area contributed by atoms with E-state index < -0.39 is 0 Å². The summed E-state index contributed by atoms with van der Waals surface area (Å²) < 4.78 is 4.77. The van der Waals surface area contributed by atoms with E-state index in [0.717, 1.165) is 51.6 Å². The van der Waals surface area contributed by atoms with Crippen molar-refractivity contribution in [3.63, 3.8) is 0 Å². The van der Waals surface area contributed by atoms with E-state index in [1.807, 2.05) is 4.90 Å². The molecule has 1 N–H and O–H groups in total. The fraction of sp³-hybridized carbons (Fsp3) is 0.875. The van der Waals surface area contributed by atoms with Crippen molar-refractivity contribution >= 4 is 11.9 Å². The molecule has 0 radical (unpaired) electrons. The number of rotatable bonds is 4. The molecular formula is C16H28N2O3. The minimum atomic E-state index is -0.220. The lowest BCUT2D eigenvalue weighted by Gasteiger charge is -2.39. The molecule has 3 unspecified atom stereocenters. The zero-order valence-electron chi connectivity index (χ0n) is 13.3. The zero-order valence-corrected chi connectivity index (χ0v) is 13.3. The van der Waals surface area contributed by atoms with Crippen molar-refractivity contribution in [3.05, 3.63) is 0 Å². The number of hydrogen-bond donors (Lipinski definition) is 1. The first kappa shape index (κ1) is 16.3. The normalized spacial score (nSPS) is 30.0. The molecule has 0 bridgehead atoms. The van der Waals surface area contributed by atoms with Crippen LogP contribution in [-0.2, 0) is 14.3 Å². The van der Waals surface area contributed by atoms with Crippen molar-refractivity contribution in [3.8, 4) is 0 Å². The first-order valence-electron chi connectivity index (χ1n) is 8.26. The third kappa shape index (κ3) is 4.19. The maximum atomic E-state index is 12.8. The number of carbonyl (C=O) groups is 2. The van der Waals surface area contributed by atoms with Gasteiger partial charge in [0.1, 0.15) is 0 Å². The van der Waals surface area contributed by atoms with Gasteiger partial charge in [-0.3, -0.25) is 9.59 Å². The highest BCUT2D eigenvalue weighted by Crippen LogP contribution is 2.25. The van der Waals surface area contributed by atoms with Gasteiger partial charge in [-0.1, -0.05) is 13.3 Å². The number of nitrogens with one attached hydrogen (secondary N) is 1. The van der Waals surface area contributed by atoms with Gasteiger partial charge >= 0.3 is 5.97 Å². The van der Waals surface area contributed by atoms with Crippen molar-refractivity contribution in [1.82, 2.24) is 10.2 Å². The maximum Gasteiger partial charge on any atom is 0.307 e.